The molecule has 0 saturated carbocycles. The van der Waals surface area contributed by atoms with Gasteiger partial charge in [0.2, 0.25) is 5.82 Å². The molecule has 1 heterocycles. The van der Waals surface area contributed by atoms with Gasteiger partial charge >= 0.3 is 0 Å². The van der Waals surface area contributed by atoms with Gasteiger partial charge < -0.3 is 10.1 Å². The number of amides is 1. The Bertz CT molecular complexity index is 839. The van der Waals surface area contributed by atoms with E-state index < -0.39 is 0 Å². The van der Waals surface area contributed by atoms with Gasteiger partial charge in [-0.15, -0.1) is 0 Å². The Balaban J connectivity index is 1.73. The number of nitrogens with zero attached hydrogens (tertiary/aromatic N) is 2. The van der Waals surface area contributed by atoms with E-state index in [1.54, 1.807) is 24.3 Å². The summed E-state index contributed by atoms with van der Waals surface area (Å²) in [5, 5.41) is 10.4. The molecule has 0 fully saturated rings. The summed E-state index contributed by atoms with van der Waals surface area (Å²) in [7, 11) is 0. The molecular weight excluding hydrogens is 318 g/mol. The van der Waals surface area contributed by atoms with E-state index in [9.17, 15) is 4.79 Å². The molecule has 0 atom stereocenters. The number of hydrogen-bond donors (Lipinski definition) is 1. The van der Waals surface area contributed by atoms with Gasteiger partial charge in [-0.1, -0.05) is 36.8 Å². The molecule has 2 aromatic carbocycles. The van der Waals surface area contributed by atoms with Crippen molar-refractivity contribution in [2.75, 3.05) is 11.9 Å². The molecule has 0 radical (unpaired) electrons. The third-order valence-electron chi connectivity index (χ3n) is 3.63. The average Bonchev–Trinajstić information content (AvgIpc) is 3.09. The van der Waals surface area contributed by atoms with Crippen molar-refractivity contribution in [2.24, 2.45) is 0 Å². The largest absolute Gasteiger partial charge is 0.494 e. The smallest absolute Gasteiger partial charge is 0.256 e. The van der Waals surface area contributed by atoms with Crippen molar-refractivity contribution in [1.29, 1.82) is 0 Å². The lowest BCUT2D eigenvalue weighted by Gasteiger charge is -2.06. The maximum absolute atomic E-state index is 12.4. The van der Waals surface area contributed by atoms with Crippen molar-refractivity contribution in [2.45, 2.75) is 20.3 Å². The van der Waals surface area contributed by atoms with Crippen molar-refractivity contribution in [3.8, 4) is 17.0 Å². The molecule has 1 amide bonds. The van der Waals surface area contributed by atoms with E-state index in [0.29, 0.717) is 23.7 Å². The van der Waals surface area contributed by atoms with Gasteiger partial charge in [-0.05, 0) is 47.9 Å². The van der Waals surface area contributed by atoms with Gasteiger partial charge in [-0.2, -0.15) is 0 Å². The molecule has 6 heteroatoms. The minimum Gasteiger partial charge on any atom is -0.494 e. The Morgan fingerprint density at radius 3 is 2.48 bits per heavy atom. The molecule has 0 bridgehead atoms. The van der Waals surface area contributed by atoms with Crippen LogP contribution < -0.4 is 10.1 Å². The Kier molecular flexibility index (Phi) is 5.09. The maximum atomic E-state index is 12.4. The van der Waals surface area contributed by atoms with Crippen molar-refractivity contribution < 1.29 is 14.2 Å². The van der Waals surface area contributed by atoms with E-state index >= 15 is 0 Å². The first-order valence-electron chi connectivity index (χ1n) is 8.11. The summed E-state index contributed by atoms with van der Waals surface area (Å²) in [6, 6.07) is 14.7. The van der Waals surface area contributed by atoms with Crippen LogP contribution in [0.25, 0.3) is 11.3 Å². The average molecular weight is 337 g/mol. The van der Waals surface area contributed by atoms with Crippen LogP contribution in [-0.2, 0) is 0 Å². The first-order chi connectivity index (χ1) is 12.2. The van der Waals surface area contributed by atoms with Crippen LogP contribution in [0.1, 0.15) is 29.3 Å². The third kappa shape index (κ3) is 4.03. The van der Waals surface area contributed by atoms with Gasteiger partial charge in [0.15, 0.2) is 5.69 Å². The first-order valence-corrected chi connectivity index (χ1v) is 8.11. The van der Waals surface area contributed by atoms with Crippen LogP contribution in [0.2, 0.25) is 0 Å². The number of hydrogen-bond acceptors (Lipinski definition) is 5. The van der Waals surface area contributed by atoms with E-state index in [4.69, 9.17) is 9.37 Å². The molecule has 6 nitrogen and oxygen atoms in total. The molecule has 128 valence electrons. The standard InChI is InChI=1S/C19H19N3O3/c1-3-12-24-16-10-8-15(9-11-16)19(23)20-18-17(21-25-22-18)14-6-4-13(2)5-7-14/h4-11H,3,12H2,1-2H3,(H,20,22,23). The summed E-state index contributed by atoms with van der Waals surface area (Å²) in [4.78, 5) is 12.4. The van der Waals surface area contributed by atoms with E-state index in [-0.39, 0.29) is 5.91 Å². The van der Waals surface area contributed by atoms with Gasteiger partial charge in [0.1, 0.15) is 5.75 Å². The molecule has 3 aromatic rings. The number of anilines is 1. The lowest BCUT2D eigenvalue weighted by molar-refractivity contribution is 0.102. The van der Waals surface area contributed by atoms with Crippen LogP contribution in [0.5, 0.6) is 5.75 Å². The lowest BCUT2D eigenvalue weighted by atomic mass is 10.1. The van der Waals surface area contributed by atoms with Gasteiger partial charge in [-0.25, -0.2) is 4.63 Å². The molecule has 0 spiro atoms. The van der Waals surface area contributed by atoms with E-state index in [0.717, 1.165) is 23.3 Å². The zero-order chi connectivity index (χ0) is 17.6. The number of rotatable bonds is 6. The van der Waals surface area contributed by atoms with Crippen molar-refractivity contribution in [1.82, 2.24) is 10.3 Å². The molecule has 0 aliphatic carbocycles. The fraction of sp³-hybridized carbons (Fsp3) is 0.211. The van der Waals surface area contributed by atoms with Crippen molar-refractivity contribution in [3.05, 3.63) is 59.7 Å². The van der Waals surface area contributed by atoms with E-state index in [1.807, 2.05) is 38.1 Å². The highest BCUT2D eigenvalue weighted by atomic mass is 16.6. The van der Waals surface area contributed by atoms with Crippen molar-refractivity contribution >= 4 is 11.7 Å². The van der Waals surface area contributed by atoms with Gasteiger partial charge in [0.25, 0.3) is 5.91 Å². The van der Waals surface area contributed by atoms with Crippen LogP contribution in [0, 0.1) is 6.92 Å². The van der Waals surface area contributed by atoms with Crippen molar-refractivity contribution in [3.63, 3.8) is 0 Å². The minimum atomic E-state index is -0.286. The molecule has 0 aliphatic rings. The van der Waals surface area contributed by atoms with Gasteiger partial charge in [0.05, 0.1) is 6.61 Å². The normalized spacial score (nSPS) is 10.5. The molecule has 1 N–H and O–H groups in total. The molecule has 25 heavy (non-hydrogen) atoms. The van der Waals surface area contributed by atoms with Crippen LogP contribution >= 0.6 is 0 Å². The monoisotopic (exact) mass is 337 g/mol. The Labute approximate surface area is 145 Å². The number of carbonyl (C=O) groups is 1. The van der Waals surface area contributed by atoms with E-state index in [2.05, 4.69) is 15.6 Å². The molecule has 3 rings (SSSR count). The molecule has 0 unspecified atom stereocenters. The second kappa shape index (κ2) is 7.61. The number of benzene rings is 2. The lowest BCUT2D eigenvalue weighted by Crippen LogP contribution is -2.12. The summed E-state index contributed by atoms with van der Waals surface area (Å²) in [6.45, 7) is 4.69. The van der Waals surface area contributed by atoms with E-state index in [1.165, 1.54) is 0 Å². The van der Waals surface area contributed by atoms with Crippen LogP contribution in [0.4, 0.5) is 5.82 Å². The fourth-order valence-electron chi connectivity index (χ4n) is 2.27. The highest BCUT2D eigenvalue weighted by Gasteiger charge is 2.16. The predicted molar refractivity (Wildman–Crippen MR) is 94.7 cm³/mol. The summed E-state index contributed by atoms with van der Waals surface area (Å²) >= 11 is 0. The number of aromatic nitrogens is 2. The topological polar surface area (TPSA) is 77.2 Å². The Morgan fingerprint density at radius 2 is 1.80 bits per heavy atom. The maximum Gasteiger partial charge on any atom is 0.256 e. The number of aryl methyl sites for hydroxylation is 1. The summed E-state index contributed by atoms with van der Waals surface area (Å²) in [5.74, 6) is 0.744. The number of nitrogens with one attached hydrogen (secondary N) is 1. The van der Waals surface area contributed by atoms with Crippen LogP contribution in [0.15, 0.2) is 53.2 Å². The molecule has 0 saturated heterocycles. The SMILES string of the molecule is CCCOc1ccc(C(=O)Nc2nonc2-c2ccc(C)cc2)cc1. The highest BCUT2D eigenvalue weighted by Crippen LogP contribution is 2.25. The first kappa shape index (κ1) is 16.7. The van der Waals surface area contributed by atoms with Gasteiger partial charge in [0, 0.05) is 11.1 Å². The number of carbonyl (C=O) groups excluding carboxylic acids is 1. The quantitative estimate of drug-likeness (QED) is 0.733. The predicted octanol–water partition coefficient (Wildman–Crippen LogP) is 4.09. The Hall–Kier alpha value is -3.15. The van der Waals surface area contributed by atoms with Crippen LogP contribution in [-0.4, -0.2) is 22.8 Å². The minimum absolute atomic E-state index is 0.286. The second-order valence-electron chi connectivity index (χ2n) is 5.65. The summed E-state index contributed by atoms with van der Waals surface area (Å²) in [6.07, 6.45) is 0.934. The fourth-order valence-corrected chi connectivity index (χ4v) is 2.27. The number of ether oxygens (including phenoxy) is 1. The van der Waals surface area contributed by atoms with Crippen LogP contribution in [0.3, 0.4) is 0 Å². The zero-order valence-corrected chi connectivity index (χ0v) is 14.2. The Morgan fingerprint density at radius 1 is 1.08 bits per heavy atom. The summed E-state index contributed by atoms with van der Waals surface area (Å²) in [5.41, 5.74) is 2.96. The van der Waals surface area contributed by atoms with Gasteiger partial charge in [-0.3, -0.25) is 4.79 Å². The molecule has 0 aliphatic heterocycles. The molecular formula is C19H19N3O3. The molecule has 1 aromatic heterocycles. The zero-order valence-electron chi connectivity index (χ0n) is 14.2. The highest BCUT2D eigenvalue weighted by molar-refractivity contribution is 6.05. The second-order valence-corrected chi connectivity index (χ2v) is 5.65. The third-order valence-corrected chi connectivity index (χ3v) is 3.63. The summed E-state index contributed by atoms with van der Waals surface area (Å²) < 4.78 is 10.3.